The summed E-state index contributed by atoms with van der Waals surface area (Å²) in [5.74, 6) is 0.186. The fourth-order valence-corrected chi connectivity index (χ4v) is 2.82. The summed E-state index contributed by atoms with van der Waals surface area (Å²) in [4.78, 5) is 26.7. The largest absolute Gasteiger partial charge is 0.484 e. The molecule has 1 unspecified atom stereocenters. The van der Waals surface area contributed by atoms with Crippen molar-refractivity contribution in [2.45, 2.75) is 33.4 Å². The molecule has 27 heavy (non-hydrogen) atoms. The highest BCUT2D eigenvalue weighted by Crippen LogP contribution is 2.17. The molecule has 1 N–H and O–H groups in total. The maximum absolute atomic E-state index is 12.8. The summed E-state index contributed by atoms with van der Waals surface area (Å²) in [5, 5.41) is 2.78. The summed E-state index contributed by atoms with van der Waals surface area (Å²) >= 11 is 3.37. The van der Waals surface area contributed by atoms with Crippen LogP contribution in [0.3, 0.4) is 0 Å². The molecule has 2 aromatic rings. The number of carbonyl (C=O) groups excluding carboxylic acids is 2. The van der Waals surface area contributed by atoms with E-state index in [0.717, 1.165) is 15.6 Å². The van der Waals surface area contributed by atoms with Crippen LogP contribution in [-0.4, -0.2) is 35.9 Å². The smallest absolute Gasteiger partial charge is 0.261 e. The zero-order valence-corrected chi connectivity index (χ0v) is 17.5. The van der Waals surface area contributed by atoms with Gasteiger partial charge in [0.05, 0.1) is 0 Å². The Balaban J connectivity index is 2.11. The lowest BCUT2D eigenvalue weighted by molar-refractivity contribution is -0.142. The van der Waals surface area contributed by atoms with Gasteiger partial charge in [-0.2, -0.15) is 0 Å². The molecule has 0 heterocycles. The zero-order chi connectivity index (χ0) is 19.8. The van der Waals surface area contributed by atoms with Gasteiger partial charge in [0.15, 0.2) is 6.61 Å². The van der Waals surface area contributed by atoms with Gasteiger partial charge >= 0.3 is 0 Å². The number of hydrogen-bond acceptors (Lipinski definition) is 3. The Kier molecular flexibility index (Phi) is 7.85. The van der Waals surface area contributed by atoms with Gasteiger partial charge in [-0.05, 0) is 50.6 Å². The number of benzene rings is 2. The molecule has 6 heteroatoms. The van der Waals surface area contributed by atoms with Crippen LogP contribution in [-0.2, 0) is 16.1 Å². The minimum Gasteiger partial charge on any atom is -0.484 e. The van der Waals surface area contributed by atoms with E-state index in [4.69, 9.17) is 4.74 Å². The molecule has 0 fully saturated rings. The van der Waals surface area contributed by atoms with Crippen molar-refractivity contribution in [3.8, 4) is 5.75 Å². The van der Waals surface area contributed by atoms with E-state index in [1.807, 2.05) is 50.2 Å². The molecule has 0 bridgehead atoms. The minimum absolute atomic E-state index is 0.128. The number of nitrogens with zero attached hydrogens (tertiary/aromatic N) is 1. The van der Waals surface area contributed by atoms with Gasteiger partial charge in [0.2, 0.25) is 5.91 Å². The molecule has 1 atom stereocenters. The average molecular weight is 433 g/mol. The van der Waals surface area contributed by atoms with E-state index in [1.165, 1.54) is 0 Å². The third-order valence-electron chi connectivity index (χ3n) is 4.17. The van der Waals surface area contributed by atoms with Gasteiger partial charge < -0.3 is 15.0 Å². The fourth-order valence-electron chi connectivity index (χ4n) is 2.55. The summed E-state index contributed by atoms with van der Waals surface area (Å²) < 4.78 is 6.54. The first-order chi connectivity index (χ1) is 12.9. The monoisotopic (exact) mass is 432 g/mol. The van der Waals surface area contributed by atoms with Crippen LogP contribution in [0, 0.1) is 6.92 Å². The molecule has 0 spiro atoms. The number of nitrogens with one attached hydrogen (secondary N) is 1. The van der Waals surface area contributed by atoms with Crippen LogP contribution in [0.5, 0.6) is 5.75 Å². The second-order valence-corrected chi connectivity index (χ2v) is 7.24. The number of rotatable bonds is 8. The van der Waals surface area contributed by atoms with Crippen molar-refractivity contribution in [1.82, 2.24) is 10.2 Å². The molecule has 2 amide bonds. The van der Waals surface area contributed by atoms with E-state index in [0.29, 0.717) is 18.8 Å². The summed E-state index contributed by atoms with van der Waals surface area (Å²) in [6.45, 7) is 6.34. The molecule has 5 nitrogen and oxygen atoms in total. The molecule has 0 aliphatic heterocycles. The van der Waals surface area contributed by atoms with Crippen molar-refractivity contribution >= 4 is 27.7 Å². The van der Waals surface area contributed by atoms with Gasteiger partial charge in [0.1, 0.15) is 11.8 Å². The maximum atomic E-state index is 12.8. The lowest BCUT2D eigenvalue weighted by Gasteiger charge is -2.28. The van der Waals surface area contributed by atoms with E-state index < -0.39 is 6.04 Å². The fraction of sp³-hybridized carbons (Fsp3) is 0.333. The molecule has 0 aliphatic carbocycles. The molecular formula is C21H25BrN2O3. The Labute approximate surface area is 168 Å². The Morgan fingerprint density at radius 2 is 1.74 bits per heavy atom. The lowest BCUT2D eigenvalue weighted by Crippen LogP contribution is -2.49. The van der Waals surface area contributed by atoms with Gasteiger partial charge in [-0.15, -0.1) is 0 Å². The first-order valence-corrected chi connectivity index (χ1v) is 9.71. The summed E-state index contributed by atoms with van der Waals surface area (Å²) in [6, 6.07) is 14.6. The van der Waals surface area contributed by atoms with Crippen LogP contribution in [0.2, 0.25) is 0 Å². The van der Waals surface area contributed by atoms with Crippen molar-refractivity contribution < 1.29 is 14.3 Å². The van der Waals surface area contributed by atoms with E-state index in [9.17, 15) is 9.59 Å². The van der Waals surface area contributed by atoms with Crippen LogP contribution >= 0.6 is 15.9 Å². The second-order valence-electron chi connectivity index (χ2n) is 6.32. The molecule has 0 aliphatic rings. The third-order valence-corrected chi connectivity index (χ3v) is 4.70. The van der Waals surface area contributed by atoms with E-state index in [-0.39, 0.29) is 18.4 Å². The predicted molar refractivity (Wildman–Crippen MR) is 110 cm³/mol. The molecule has 2 rings (SSSR count). The minimum atomic E-state index is -0.590. The van der Waals surface area contributed by atoms with Gasteiger partial charge in [-0.3, -0.25) is 9.59 Å². The number of ether oxygens (including phenoxy) is 1. The quantitative estimate of drug-likeness (QED) is 0.691. The van der Waals surface area contributed by atoms with E-state index in [1.54, 1.807) is 24.0 Å². The number of likely N-dealkylation sites (N-methyl/N-ethyl adjacent to an activating group) is 1. The Hall–Kier alpha value is -2.34. The standard InChI is InChI=1S/C21H25BrN2O3/c1-4-23-21(26)16(3)24(13-17-7-5-15(2)6-8-17)20(25)14-27-19-11-9-18(22)10-12-19/h5-12,16H,4,13-14H2,1-3H3,(H,23,26). The van der Waals surface area contributed by atoms with E-state index in [2.05, 4.69) is 21.2 Å². The topological polar surface area (TPSA) is 58.6 Å². The SMILES string of the molecule is CCNC(=O)C(C)N(Cc1ccc(C)cc1)C(=O)COc1ccc(Br)cc1. The summed E-state index contributed by atoms with van der Waals surface area (Å²) in [6.07, 6.45) is 0. The van der Waals surface area contributed by atoms with Gasteiger partial charge in [0.25, 0.3) is 5.91 Å². The maximum Gasteiger partial charge on any atom is 0.261 e. The Bertz CT molecular complexity index is 760. The number of carbonyl (C=O) groups is 2. The molecule has 144 valence electrons. The van der Waals surface area contributed by atoms with Crippen LogP contribution in [0.25, 0.3) is 0 Å². The molecule has 0 saturated carbocycles. The first-order valence-electron chi connectivity index (χ1n) is 8.91. The highest BCUT2D eigenvalue weighted by molar-refractivity contribution is 9.10. The molecule has 0 saturated heterocycles. The normalized spacial score (nSPS) is 11.6. The number of aryl methyl sites for hydroxylation is 1. The first kappa shape index (κ1) is 21.0. The molecule has 0 radical (unpaired) electrons. The highest BCUT2D eigenvalue weighted by Gasteiger charge is 2.26. The zero-order valence-electron chi connectivity index (χ0n) is 15.9. The number of amides is 2. The number of hydrogen-bond donors (Lipinski definition) is 1. The van der Waals surface area contributed by atoms with Crippen LogP contribution in [0.15, 0.2) is 53.0 Å². The van der Waals surface area contributed by atoms with Crippen molar-refractivity contribution in [2.24, 2.45) is 0 Å². The van der Waals surface area contributed by atoms with Crippen molar-refractivity contribution in [3.63, 3.8) is 0 Å². The van der Waals surface area contributed by atoms with Gasteiger partial charge in [-0.1, -0.05) is 45.8 Å². The summed E-state index contributed by atoms with van der Waals surface area (Å²) in [5.41, 5.74) is 2.11. The predicted octanol–water partition coefficient (Wildman–Crippen LogP) is 3.69. The molecule has 2 aromatic carbocycles. The molecular weight excluding hydrogens is 408 g/mol. The van der Waals surface area contributed by atoms with E-state index >= 15 is 0 Å². The van der Waals surface area contributed by atoms with Crippen molar-refractivity contribution in [3.05, 3.63) is 64.1 Å². The average Bonchev–Trinajstić information content (AvgIpc) is 2.66. The van der Waals surface area contributed by atoms with Gasteiger partial charge in [-0.25, -0.2) is 0 Å². The third kappa shape index (κ3) is 6.40. The van der Waals surface area contributed by atoms with Crippen LogP contribution < -0.4 is 10.1 Å². The van der Waals surface area contributed by atoms with Crippen LogP contribution in [0.4, 0.5) is 0 Å². The number of halogens is 1. The lowest BCUT2D eigenvalue weighted by atomic mass is 10.1. The molecule has 0 aromatic heterocycles. The van der Waals surface area contributed by atoms with Gasteiger partial charge in [0, 0.05) is 17.6 Å². The Morgan fingerprint density at radius 3 is 2.33 bits per heavy atom. The summed E-state index contributed by atoms with van der Waals surface area (Å²) in [7, 11) is 0. The Morgan fingerprint density at radius 1 is 1.11 bits per heavy atom. The highest BCUT2D eigenvalue weighted by atomic mass is 79.9. The van der Waals surface area contributed by atoms with Crippen molar-refractivity contribution in [2.75, 3.05) is 13.2 Å². The van der Waals surface area contributed by atoms with Crippen molar-refractivity contribution in [1.29, 1.82) is 0 Å². The van der Waals surface area contributed by atoms with Crippen LogP contribution in [0.1, 0.15) is 25.0 Å². The second kappa shape index (κ2) is 10.1.